The summed E-state index contributed by atoms with van der Waals surface area (Å²) in [5.74, 6) is -0.0220. The second kappa shape index (κ2) is 4.43. The molecule has 3 N–H and O–H groups in total. The molecule has 0 saturated carbocycles. The Bertz CT molecular complexity index is 400. The average Bonchev–Trinajstić information content (AvgIpc) is 2.15. The number of nitrogens with two attached hydrogens (primary N) is 1. The fourth-order valence-electron chi connectivity index (χ4n) is 1.07. The molecule has 0 aromatic heterocycles. The Balaban J connectivity index is 2.93. The van der Waals surface area contributed by atoms with Gasteiger partial charge in [-0.15, -0.1) is 0 Å². The molecule has 0 radical (unpaired) electrons. The van der Waals surface area contributed by atoms with Gasteiger partial charge in [-0.3, -0.25) is 0 Å². The molecule has 1 rings (SSSR count). The zero-order valence-electron chi connectivity index (χ0n) is 7.68. The van der Waals surface area contributed by atoms with Gasteiger partial charge in [0.05, 0.1) is 10.6 Å². The Morgan fingerprint density at radius 1 is 1.36 bits per heavy atom. The Hall–Kier alpha value is -1.07. The number of hydrogen-bond donors (Lipinski definition) is 2. The van der Waals surface area contributed by atoms with Crippen LogP contribution < -0.4 is 5.73 Å². The van der Waals surface area contributed by atoms with Crippen molar-refractivity contribution in [2.24, 2.45) is 5.73 Å². The van der Waals surface area contributed by atoms with E-state index in [1.807, 2.05) is 0 Å². The number of phenols is 1. The topological polar surface area (TPSA) is 80.4 Å². The van der Waals surface area contributed by atoms with Crippen LogP contribution in [0, 0.1) is 0 Å². The van der Waals surface area contributed by atoms with Gasteiger partial charge in [0, 0.05) is 0 Å². The molecular formula is C9H13NO3S. The Kier molecular flexibility index (Phi) is 3.49. The van der Waals surface area contributed by atoms with E-state index >= 15 is 0 Å². The third-order valence-corrected chi connectivity index (χ3v) is 3.59. The van der Waals surface area contributed by atoms with Gasteiger partial charge in [-0.2, -0.15) is 0 Å². The quantitative estimate of drug-likeness (QED) is 0.767. The second-order valence-electron chi connectivity index (χ2n) is 2.96. The normalized spacial score (nSPS) is 11.5. The largest absolute Gasteiger partial charge is 0.508 e. The van der Waals surface area contributed by atoms with Crippen LogP contribution in [-0.2, 0) is 9.84 Å². The minimum atomic E-state index is -3.28. The molecule has 0 aliphatic carbocycles. The van der Waals surface area contributed by atoms with E-state index in [1.165, 1.54) is 24.3 Å². The van der Waals surface area contributed by atoms with Crippen molar-refractivity contribution in [3.63, 3.8) is 0 Å². The van der Waals surface area contributed by atoms with Crippen LogP contribution in [0.1, 0.15) is 6.42 Å². The maximum absolute atomic E-state index is 11.6. The lowest BCUT2D eigenvalue weighted by Crippen LogP contribution is -2.11. The zero-order chi connectivity index (χ0) is 10.6. The maximum Gasteiger partial charge on any atom is 0.178 e. The molecule has 4 nitrogen and oxygen atoms in total. The predicted octanol–water partition coefficient (Wildman–Crippen LogP) is 0.515. The maximum atomic E-state index is 11.6. The van der Waals surface area contributed by atoms with Gasteiger partial charge >= 0.3 is 0 Å². The number of benzene rings is 1. The first-order valence-corrected chi connectivity index (χ1v) is 5.93. The van der Waals surface area contributed by atoms with Crippen molar-refractivity contribution in [1.82, 2.24) is 0 Å². The Morgan fingerprint density at radius 2 is 2.07 bits per heavy atom. The van der Waals surface area contributed by atoms with Gasteiger partial charge in [-0.25, -0.2) is 8.42 Å². The zero-order valence-corrected chi connectivity index (χ0v) is 8.50. The van der Waals surface area contributed by atoms with Crippen molar-refractivity contribution in [3.8, 4) is 5.75 Å². The van der Waals surface area contributed by atoms with Crippen LogP contribution >= 0.6 is 0 Å². The highest BCUT2D eigenvalue weighted by Crippen LogP contribution is 2.17. The molecule has 78 valence electrons. The molecule has 0 saturated heterocycles. The van der Waals surface area contributed by atoms with Gasteiger partial charge in [-0.05, 0) is 31.2 Å². The second-order valence-corrected chi connectivity index (χ2v) is 5.07. The van der Waals surface area contributed by atoms with Gasteiger partial charge < -0.3 is 10.8 Å². The predicted molar refractivity (Wildman–Crippen MR) is 53.8 cm³/mol. The summed E-state index contributed by atoms with van der Waals surface area (Å²) in [5, 5.41) is 9.11. The standard InChI is InChI=1S/C9H13NO3S/c10-5-2-6-14(12,13)9-4-1-3-8(11)7-9/h1,3-4,7,11H,2,5-6,10H2. The van der Waals surface area contributed by atoms with Crippen molar-refractivity contribution in [2.45, 2.75) is 11.3 Å². The van der Waals surface area contributed by atoms with Crippen LogP contribution in [0.2, 0.25) is 0 Å². The summed E-state index contributed by atoms with van der Waals surface area (Å²) in [6.07, 6.45) is 0.429. The van der Waals surface area contributed by atoms with E-state index in [2.05, 4.69) is 0 Å². The molecule has 0 aliphatic rings. The molecule has 14 heavy (non-hydrogen) atoms. The number of sulfone groups is 1. The highest BCUT2D eigenvalue weighted by Gasteiger charge is 2.13. The van der Waals surface area contributed by atoms with Crippen molar-refractivity contribution < 1.29 is 13.5 Å². The van der Waals surface area contributed by atoms with E-state index in [0.29, 0.717) is 13.0 Å². The summed E-state index contributed by atoms with van der Waals surface area (Å²) >= 11 is 0. The molecule has 0 heterocycles. The minimum Gasteiger partial charge on any atom is -0.508 e. The van der Waals surface area contributed by atoms with Crippen molar-refractivity contribution in [2.75, 3.05) is 12.3 Å². The molecule has 1 aromatic carbocycles. The summed E-state index contributed by atoms with van der Waals surface area (Å²) in [4.78, 5) is 0.144. The third kappa shape index (κ3) is 2.71. The van der Waals surface area contributed by atoms with E-state index in [4.69, 9.17) is 10.8 Å². The molecule has 0 fully saturated rings. The first-order valence-electron chi connectivity index (χ1n) is 4.28. The lowest BCUT2D eigenvalue weighted by Gasteiger charge is -2.03. The summed E-state index contributed by atoms with van der Waals surface area (Å²) < 4.78 is 23.2. The summed E-state index contributed by atoms with van der Waals surface area (Å²) in [5.41, 5.74) is 5.23. The number of phenolic OH excluding ortho intramolecular Hbond substituents is 1. The first-order chi connectivity index (χ1) is 6.56. The van der Waals surface area contributed by atoms with Crippen LogP contribution in [0.5, 0.6) is 5.75 Å². The Morgan fingerprint density at radius 3 is 2.64 bits per heavy atom. The molecule has 1 aromatic rings. The fourth-order valence-corrected chi connectivity index (χ4v) is 2.44. The third-order valence-electron chi connectivity index (χ3n) is 1.79. The van der Waals surface area contributed by atoms with Gasteiger partial charge in [0.2, 0.25) is 0 Å². The monoisotopic (exact) mass is 215 g/mol. The first kappa shape index (κ1) is 11.0. The highest BCUT2D eigenvalue weighted by molar-refractivity contribution is 7.91. The van der Waals surface area contributed by atoms with Crippen molar-refractivity contribution >= 4 is 9.84 Å². The molecular weight excluding hydrogens is 202 g/mol. The average molecular weight is 215 g/mol. The SMILES string of the molecule is NCCCS(=O)(=O)c1cccc(O)c1. The van der Waals surface area contributed by atoms with Crippen LogP contribution in [0.15, 0.2) is 29.2 Å². The van der Waals surface area contributed by atoms with E-state index in [-0.39, 0.29) is 16.4 Å². The smallest absolute Gasteiger partial charge is 0.178 e. The van der Waals surface area contributed by atoms with E-state index in [0.717, 1.165) is 0 Å². The summed E-state index contributed by atoms with van der Waals surface area (Å²) in [6.45, 7) is 0.345. The molecule has 0 unspecified atom stereocenters. The summed E-state index contributed by atoms with van der Waals surface area (Å²) in [7, 11) is -3.28. The molecule has 0 aliphatic heterocycles. The van der Waals surface area contributed by atoms with Gasteiger partial charge in [0.25, 0.3) is 0 Å². The van der Waals surface area contributed by atoms with Gasteiger partial charge in [0.1, 0.15) is 5.75 Å². The molecule has 5 heteroatoms. The molecule has 0 spiro atoms. The molecule has 0 atom stereocenters. The van der Waals surface area contributed by atoms with Crippen molar-refractivity contribution in [3.05, 3.63) is 24.3 Å². The van der Waals surface area contributed by atoms with Crippen LogP contribution in [0.25, 0.3) is 0 Å². The van der Waals surface area contributed by atoms with Crippen molar-refractivity contribution in [1.29, 1.82) is 0 Å². The van der Waals surface area contributed by atoms with Crippen LogP contribution in [-0.4, -0.2) is 25.8 Å². The minimum absolute atomic E-state index is 0.0208. The lowest BCUT2D eigenvalue weighted by atomic mass is 10.3. The van der Waals surface area contributed by atoms with E-state index < -0.39 is 9.84 Å². The number of aromatic hydroxyl groups is 1. The van der Waals surface area contributed by atoms with Crippen LogP contribution in [0.3, 0.4) is 0 Å². The lowest BCUT2D eigenvalue weighted by molar-refractivity contribution is 0.473. The summed E-state index contributed by atoms with van der Waals surface area (Å²) in [6, 6.07) is 5.64. The molecule has 0 bridgehead atoms. The Labute approximate surface area is 83.3 Å². The van der Waals surface area contributed by atoms with Gasteiger partial charge in [-0.1, -0.05) is 6.07 Å². The van der Waals surface area contributed by atoms with E-state index in [1.54, 1.807) is 0 Å². The van der Waals surface area contributed by atoms with E-state index in [9.17, 15) is 8.42 Å². The molecule has 0 amide bonds. The fraction of sp³-hybridized carbons (Fsp3) is 0.333. The van der Waals surface area contributed by atoms with Gasteiger partial charge in [0.15, 0.2) is 9.84 Å². The highest BCUT2D eigenvalue weighted by atomic mass is 32.2. The van der Waals surface area contributed by atoms with Crippen LogP contribution in [0.4, 0.5) is 0 Å². The number of hydrogen-bond acceptors (Lipinski definition) is 4. The number of rotatable bonds is 4.